The highest BCUT2D eigenvalue weighted by molar-refractivity contribution is 5.79. The van der Waals surface area contributed by atoms with Gasteiger partial charge in [-0.1, -0.05) is 18.2 Å². The lowest BCUT2D eigenvalue weighted by molar-refractivity contribution is -0.126. The average molecular weight is 314 g/mol. The molecular weight excluding hydrogens is 292 g/mol. The van der Waals surface area contributed by atoms with Crippen LogP contribution in [0.5, 0.6) is 0 Å². The summed E-state index contributed by atoms with van der Waals surface area (Å²) in [6.45, 7) is 5.50. The number of nitrogens with one attached hydrogen (secondary N) is 1. The molecule has 1 aromatic carbocycles. The van der Waals surface area contributed by atoms with E-state index in [0.717, 1.165) is 31.5 Å². The van der Waals surface area contributed by atoms with Crippen molar-refractivity contribution >= 4 is 11.9 Å². The average Bonchev–Trinajstić information content (AvgIpc) is 3.05. The number of amides is 1. The lowest BCUT2D eigenvalue weighted by Crippen LogP contribution is -2.42. The number of aromatic nitrogens is 2. The van der Waals surface area contributed by atoms with Crippen molar-refractivity contribution in [2.24, 2.45) is 5.92 Å². The van der Waals surface area contributed by atoms with E-state index in [1.165, 1.54) is 0 Å². The molecule has 2 heterocycles. The second-order valence-corrected chi connectivity index (χ2v) is 6.19. The van der Waals surface area contributed by atoms with Crippen molar-refractivity contribution in [3.05, 3.63) is 30.3 Å². The van der Waals surface area contributed by atoms with Gasteiger partial charge < -0.3 is 14.7 Å². The highest BCUT2D eigenvalue weighted by Gasteiger charge is 2.27. The maximum Gasteiger partial charge on any atom is 0.266 e. The first-order chi connectivity index (χ1) is 11.1. The molecule has 3 rings (SSSR count). The van der Waals surface area contributed by atoms with E-state index in [2.05, 4.69) is 20.4 Å². The molecule has 23 heavy (non-hydrogen) atoms. The molecule has 122 valence electrons. The molecule has 0 radical (unpaired) electrons. The highest BCUT2D eigenvalue weighted by Crippen LogP contribution is 2.24. The van der Waals surface area contributed by atoms with Crippen LogP contribution < -0.4 is 10.2 Å². The van der Waals surface area contributed by atoms with Crippen LogP contribution in [0.4, 0.5) is 5.95 Å². The number of benzene rings is 1. The van der Waals surface area contributed by atoms with Crippen LogP contribution in [0, 0.1) is 5.92 Å². The molecular formula is C17H22N4O2. The fourth-order valence-corrected chi connectivity index (χ4v) is 2.79. The number of anilines is 1. The fourth-order valence-electron chi connectivity index (χ4n) is 2.79. The third kappa shape index (κ3) is 3.70. The Labute approximate surface area is 135 Å². The van der Waals surface area contributed by atoms with E-state index >= 15 is 0 Å². The molecule has 0 atom stereocenters. The Hall–Kier alpha value is -2.37. The number of nitrogens with zero attached hydrogens (tertiary/aromatic N) is 3. The largest absolute Gasteiger partial charge is 0.354 e. The van der Waals surface area contributed by atoms with Crippen LogP contribution >= 0.6 is 0 Å². The van der Waals surface area contributed by atoms with Crippen LogP contribution in [0.25, 0.3) is 11.5 Å². The first-order valence-corrected chi connectivity index (χ1v) is 8.08. The molecule has 0 unspecified atom stereocenters. The highest BCUT2D eigenvalue weighted by atomic mass is 16.5. The minimum Gasteiger partial charge on any atom is -0.354 e. The molecule has 1 aliphatic heterocycles. The number of hydrogen-bond acceptors (Lipinski definition) is 5. The maximum atomic E-state index is 12.1. The van der Waals surface area contributed by atoms with Crippen molar-refractivity contribution in [2.75, 3.05) is 18.0 Å². The molecule has 0 bridgehead atoms. The summed E-state index contributed by atoms with van der Waals surface area (Å²) in [5.74, 6) is 1.36. The van der Waals surface area contributed by atoms with E-state index < -0.39 is 0 Å². The Balaban J connectivity index is 1.60. The molecule has 0 saturated carbocycles. The van der Waals surface area contributed by atoms with Crippen LogP contribution in [-0.4, -0.2) is 35.2 Å². The van der Waals surface area contributed by atoms with E-state index in [1.54, 1.807) is 0 Å². The molecule has 0 aliphatic carbocycles. The summed E-state index contributed by atoms with van der Waals surface area (Å²) in [4.78, 5) is 18.6. The quantitative estimate of drug-likeness (QED) is 0.938. The summed E-state index contributed by atoms with van der Waals surface area (Å²) in [7, 11) is 0. The van der Waals surface area contributed by atoms with Crippen molar-refractivity contribution in [1.82, 2.24) is 15.5 Å². The fraction of sp³-hybridized carbons (Fsp3) is 0.471. The molecule has 1 N–H and O–H groups in total. The van der Waals surface area contributed by atoms with E-state index in [9.17, 15) is 4.79 Å². The van der Waals surface area contributed by atoms with Gasteiger partial charge in [0.2, 0.25) is 5.91 Å². The summed E-state index contributed by atoms with van der Waals surface area (Å²) >= 11 is 0. The van der Waals surface area contributed by atoms with Gasteiger partial charge in [-0.05, 0) is 44.0 Å². The normalized spacial score (nSPS) is 15.9. The standard InChI is InChI=1S/C17H22N4O2/c1-12(2)18-15(22)13-8-10-21(11-9-13)17-19-16(23-20-17)14-6-4-3-5-7-14/h3-7,12-13H,8-11H2,1-2H3,(H,18,22). The second-order valence-electron chi connectivity index (χ2n) is 6.19. The Bertz CT molecular complexity index is 646. The Morgan fingerprint density at radius 2 is 1.96 bits per heavy atom. The summed E-state index contributed by atoms with van der Waals surface area (Å²) in [5, 5.41) is 7.06. The Morgan fingerprint density at radius 1 is 1.26 bits per heavy atom. The van der Waals surface area contributed by atoms with Gasteiger partial charge in [-0.2, -0.15) is 4.98 Å². The van der Waals surface area contributed by atoms with Crippen molar-refractivity contribution in [1.29, 1.82) is 0 Å². The molecule has 6 heteroatoms. The van der Waals surface area contributed by atoms with Gasteiger partial charge in [0.25, 0.3) is 11.8 Å². The molecule has 1 amide bonds. The van der Waals surface area contributed by atoms with Crippen LogP contribution in [0.3, 0.4) is 0 Å². The zero-order valence-electron chi connectivity index (χ0n) is 13.5. The smallest absolute Gasteiger partial charge is 0.266 e. The maximum absolute atomic E-state index is 12.1. The minimum absolute atomic E-state index is 0.0779. The van der Waals surface area contributed by atoms with Gasteiger partial charge in [-0.15, -0.1) is 0 Å². The predicted molar refractivity (Wildman–Crippen MR) is 87.9 cm³/mol. The number of piperidine rings is 1. The van der Waals surface area contributed by atoms with E-state index in [4.69, 9.17) is 4.52 Å². The Kier molecular flexibility index (Phi) is 4.60. The van der Waals surface area contributed by atoms with Crippen molar-refractivity contribution in [2.45, 2.75) is 32.7 Å². The van der Waals surface area contributed by atoms with Crippen LogP contribution in [0.2, 0.25) is 0 Å². The summed E-state index contributed by atoms with van der Waals surface area (Å²) in [6, 6.07) is 9.91. The SMILES string of the molecule is CC(C)NC(=O)C1CCN(c2noc(-c3ccccc3)n2)CC1. The van der Waals surface area contributed by atoms with Crippen molar-refractivity contribution in [3.8, 4) is 11.5 Å². The summed E-state index contributed by atoms with van der Waals surface area (Å²) < 4.78 is 5.35. The van der Waals surface area contributed by atoms with Gasteiger partial charge in [0.15, 0.2) is 0 Å². The van der Waals surface area contributed by atoms with Gasteiger partial charge in [0.05, 0.1) is 0 Å². The summed E-state index contributed by atoms with van der Waals surface area (Å²) in [5.41, 5.74) is 0.914. The lowest BCUT2D eigenvalue weighted by atomic mass is 9.96. The number of rotatable bonds is 4. The van der Waals surface area contributed by atoms with Gasteiger partial charge in [-0.25, -0.2) is 0 Å². The van der Waals surface area contributed by atoms with Crippen molar-refractivity contribution < 1.29 is 9.32 Å². The van der Waals surface area contributed by atoms with Crippen LogP contribution in [-0.2, 0) is 4.79 Å². The molecule has 2 aromatic rings. The second kappa shape index (κ2) is 6.81. The zero-order valence-corrected chi connectivity index (χ0v) is 13.5. The van der Waals surface area contributed by atoms with E-state index in [1.807, 2.05) is 44.2 Å². The zero-order chi connectivity index (χ0) is 16.2. The van der Waals surface area contributed by atoms with Crippen molar-refractivity contribution in [3.63, 3.8) is 0 Å². The van der Waals surface area contributed by atoms with Crippen LogP contribution in [0.1, 0.15) is 26.7 Å². The van der Waals surface area contributed by atoms with Gasteiger partial charge >= 0.3 is 0 Å². The molecule has 1 fully saturated rings. The molecule has 1 aliphatic rings. The third-order valence-corrected chi connectivity index (χ3v) is 4.02. The van der Waals surface area contributed by atoms with Gasteiger partial charge in [-0.3, -0.25) is 4.79 Å². The Morgan fingerprint density at radius 3 is 2.61 bits per heavy atom. The number of carbonyl (C=O) groups excluding carboxylic acids is 1. The topological polar surface area (TPSA) is 71.3 Å². The predicted octanol–water partition coefficient (Wildman–Crippen LogP) is 2.48. The third-order valence-electron chi connectivity index (χ3n) is 4.02. The minimum atomic E-state index is 0.0779. The number of carbonyl (C=O) groups is 1. The van der Waals surface area contributed by atoms with E-state index in [0.29, 0.717) is 11.8 Å². The molecule has 6 nitrogen and oxygen atoms in total. The monoisotopic (exact) mass is 314 g/mol. The first kappa shape index (κ1) is 15.5. The molecule has 0 spiro atoms. The first-order valence-electron chi connectivity index (χ1n) is 8.08. The van der Waals surface area contributed by atoms with Gasteiger partial charge in [0.1, 0.15) is 0 Å². The lowest BCUT2D eigenvalue weighted by Gasteiger charge is -2.30. The van der Waals surface area contributed by atoms with Crippen LogP contribution in [0.15, 0.2) is 34.9 Å². The molecule has 1 aromatic heterocycles. The molecule has 1 saturated heterocycles. The number of hydrogen-bond donors (Lipinski definition) is 1. The summed E-state index contributed by atoms with van der Waals surface area (Å²) in [6.07, 6.45) is 1.63. The van der Waals surface area contributed by atoms with Gasteiger partial charge in [0, 0.05) is 30.6 Å². The van der Waals surface area contributed by atoms with E-state index in [-0.39, 0.29) is 17.9 Å².